The lowest BCUT2D eigenvalue weighted by Gasteiger charge is -2.65. The van der Waals surface area contributed by atoms with Gasteiger partial charge in [-0.15, -0.1) is 0 Å². The Morgan fingerprint density at radius 2 is 1.85 bits per heavy atom. The van der Waals surface area contributed by atoms with E-state index in [9.17, 15) is 23.9 Å². The van der Waals surface area contributed by atoms with Gasteiger partial charge in [0, 0.05) is 47.8 Å². The molecule has 4 aliphatic carbocycles. The van der Waals surface area contributed by atoms with Crippen LogP contribution in [-0.4, -0.2) is 51.5 Å². The summed E-state index contributed by atoms with van der Waals surface area (Å²) in [6, 6.07) is -1.00. The van der Waals surface area contributed by atoms with Crippen molar-refractivity contribution in [2.75, 3.05) is 6.01 Å². The molecule has 10 atom stereocenters. The number of rotatable bonds is 4. The standard InChI is InChI=1S/C25H35F3O5S/c1-5-20(31)33-25(21(32)34-12-26)13(2)8-15-16-10-18(27)17-9-14(29)6-7-22(17,3)24(16,28)19(30)11-23(15,25)4/h13,15-19,30H,5-12H2,1-4H3/t13-,15+,16+,17?,18+,19+,22+,23+,24+,25+/m1/s1. The summed E-state index contributed by atoms with van der Waals surface area (Å²) in [4.78, 5) is 38.0. The van der Waals surface area contributed by atoms with Gasteiger partial charge in [0.25, 0.3) is 0 Å². The van der Waals surface area contributed by atoms with Crippen molar-refractivity contribution in [1.29, 1.82) is 0 Å². The van der Waals surface area contributed by atoms with Gasteiger partial charge >= 0.3 is 5.97 Å². The zero-order chi connectivity index (χ0) is 25.3. The quantitative estimate of drug-likeness (QED) is 0.558. The van der Waals surface area contributed by atoms with Crippen LogP contribution in [0.2, 0.25) is 0 Å². The maximum absolute atomic E-state index is 17.3. The van der Waals surface area contributed by atoms with E-state index in [-0.39, 0.29) is 44.3 Å². The maximum Gasteiger partial charge on any atom is 0.306 e. The fourth-order valence-corrected chi connectivity index (χ4v) is 9.24. The lowest BCUT2D eigenvalue weighted by molar-refractivity contribution is -0.266. The fraction of sp³-hybridized carbons (Fsp3) is 0.880. The Balaban J connectivity index is 1.84. The third kappa shape index (κ3) is 3.14. The lowest BCUT2D eigenvalue weighted by Crippen LogP contribution is -2.73. The van der Waals surface area contributed by atoms with Crippen molar-refractivity contribution in [2.45, 2.75) is 96.2 Å². The van der Waals surface area contributed by atoms with Gasteiger partial charge in [0.2, 0.25) is 5.12 Å². The summed E-state index contributed by atoms with van der Waals surface area (Å²) in [5, 5.41) is 10.8. The van der Waals surface area contributed by atoms with E-state index in [0.29, 0.717) is 18.2 Å². The highest BCUT2D eigenvalue weighted by Crippen LogP contribution is 2.73. The Labute approximate surface area is 202 Å². The molecule has 1 unspecified atom stereocenters. The minimum Gasteiger partial charge on any atom is -0.449 e. The van der Waals surface area contributed by atoms with Crippen LogP contribution in [0.3, 0.4) is 0 Å². The fourth-order valence-electron chi connectivity index (χ4n) is 8.45. The molecule has 4 fully saturated rings. The number of Topliss-reactive ketones (excluding diaryl/α,β-unsaturated/α-hetero) is 1. The number of hydrogen-bond acceptors (Lipinski definition) is 6. The first kappa shape index (κ1) is 26.0. The smallest absolute Gasteiger partial charge is 0.306 e. The molecule has 0 aliphatic heterocycles. The highest BCUT2D eigenvalue weighted by molar-refractivity contribution is 8.13. The summed E-state index contributed by atoms with van der Waals surface area (Å²) < 4.78 is 52.1. The molecule has 0 bridgehead atoms. The van der Waals surface area contributed by atoms with Crippen LogP contribution < -0.4 is 0 Å². The molecule has 0 radical (unpaired) electrons. The molecule has 4 saturated carbocycles. The van der Waals surface area contributed by atoms with E-state index in [1.165, 1.54) is 0 Å². The molecule has 0 aromatic heterocycles. The number of aliphatic hydroxyl groups is 1. The first-order valence-corrected chi connectivity index (χ1v) is 13.3. The number of fused-ring (bicyclic) bond motifs is 5. The largest absolute Gasteiger partial charge is 0.449 e. The monoisotopic (exact) mass is 504 g/mol. The SMILES string of the molecule is CCC(=O)O[C@]1(C(=O)SCF)[C@H](C)C[C@H]2[C@@H]3C[C@H](F)C4CC(=O)CC[C@]4(C)[C@@]3(F)[C@@H](O)C[C@@]21C. The molecule has 0 heterocycles. The summed E-state index contributed by atoms with van der Waals surface area (Å²) in [5.74, 6) is -3.55. The molecule has 9 heteroatoms. The number of alkyl halides is 3. The number of carbonyl (C=O) groups is 3. The van der Waals surface area contributed by atoms with E-state index in [1.807, 2.05) is 0 Å². The van der Waals surface area contributed by atoms with Crippen LogP contribution in [0.15, 0.2) is 0 Å². The Hall–Kier alpha value is -1.09. The zero-order valence-electron chi connectivity index (χ0n) is 20.2. The van der Waals surface area contributed by atoms with Crippen LogP contribution in [0.4, 0.5) is 13.2 Å². The molecule has 5 nitrogen and oxygen atoms in total. The van der Waals surface area contributed by atoms with Crippen molar-refractivity contribution < 1.29 is 37.4 Å². The van der Waals surface area contributed by atoms with E-state index >= 15 is 8.78 Å². The van der Waals surface area contributed by atoms with Crippen LogP contribution in [0, 0.1) is 34.5 Å². The van der Waals surface area contributed by atoms with Crippen molar-refractivity contribution in [3.05, 3.63) is 0 Å². The van der Waals surface area contributed by atoms with Crippen LogP contribution in [0.25, 0.3) is 0 Å². The van der Waals surface area contributed by atoms with Gasteiger partial charge in [-0.25, -0.2) is 13.2 Å². The number of esters is 1. The molecule has 192 valence electrons. The molecule has 0 aromatic rings. The third-order valence-corrected chi connectivity index (χ3v) is 10.8. The number of aliphatic hydroxyl groups excluding tert-OH is 1. The van der Waals surface area contributed by atoms with Gasteiger partial charge in [0.15, 0.2) is 5.60 Å². The van der Waals surface area contributed by atoms with Crippen molar-refractivity contribution >= 4 is 28.6 Å². The van der Waals surface area contributed by atoms with Crippen molar-refractivity contribution in [2.24, 2.45) is 34.5 Å². The Morgan fingerprint density at radius 3 is 2.47 bits per heavy atom. The third-order valence-electron chi connectivity index (χ3n) is 10.1. The second kappa shape index (κ2) is 8.49. The predicted octanol–water partition coefficient (Wildman–Crippen LogP) is 4.73. The van der Waals surface area contributed by atoms with E-state index in [0.717, 1.165) is 0 Å². The van der Waals surface area contributed by atoms with Crippen molar-refractivity contribution in [3.8, 4) is 0 Å². The highest BCUT2D eigenvalue weighted by Gasteiger charge is 2.79. The average Bonchev–Trinajstić information content (AvgIpc) is 2.99. The van der Waals surface area contributed by atoms with E-state index in [4.69, 9.17) is 4.74 Å². The number of ether oxygens (including phenoxy) is 1. The molecule has 1 N–H and O–H groups in total. The Kier molecular flexibility index (Phi) is 6.49. The number of carbonyl (C=O) groups excluding carboxylic acids is 3. The Bertz CT molecular complexity index is 887. The highest BCUT2D eigenvalue weighted by atomic mass is 32.2. The number of hydrogen-bond donors (Lipinski definition) is 1. The van der Waals surface area contributed by atoms with Crippen LogP contribution in [-0.2, 0) is 19.1 Å². The van der Waals surface area contributed by atoms with Gasteiger partial charge in [-0.3, -0.25) is 14.4 Å². The van der Waals surface area contributed by atoms with E-state index in [2.05, 4.69) is 0 Å². The molecular formula is C25H35F3O5S. The predicted molar refractivity (Wildman–Crippen MR) is 121 cm³/mol. The minimum absolute atomic E-state index is 0.00214. The van der Waals surface area contributed by atoms with Crippen molar-refractivity contribution in [3.63, 3.8) is 0 Å². The van der Waals surface area contributed by atoms with Crippen molar-refractivity contribution in [1.82, 2.24) is 0 Å². The van der Waals surface area contributed by atoms with Gasteiger partial charge in [-0.05, 0) is 43.4 Å². The summed E-state index contributed by atoms with van der Waals surface area (Å²) >= 11 is 0.416. The van der Waals surface area contributed by atoms with Gasteiger partial charge in [0.1, 0.15) is 23.6 Å². The van der Waals surface area contributed by atoms with Crippen LogP contribution >= 0.6 is 11.8 Å². The summed E-state index contributed by atoms with van der Waals surface area (Å²) in [5.41, 5.74) is -6.30. The second-order valence-electron chi connectivity index (χ2n) is 11.4. The molecule has 34 heavy (non-hydrogen) atoms. The van der Waals surface area contributed by atoms with Gasteiger partial charge in [-0.2, -0.15) is 0 Å². The average molecular weight is 505 g/mol. The number of thioether (sulfide) groups is 1. The van der Waals surface area contributed by atoms with Gasteiger partial charge in [-0.1, -0.05) is 27.7 Å². The van der Waals surface area contributed by atoms with E-state index < -0.39 is 75.1 Å². The Morgan fingerprint density at radius 1 is 1.18 bits per heavy atom. The topological polar surface area (TPSA) is 80.7 Å². The molecule has 4 rings (SSSR count). The van der Waals surface area contributed by atoms with Crippen LogP contribution in [0.5, 0.6) is 0 Å². The first-order chi connectivity index (χ1) is 15.8. The summed E-state index contributed by atoms with van der Waals surface area (Å²) in [7, 11) is 0. The van der Waals surface area contributed by atoms with Crippen LogP contribution in [0.1, 0.15) is 72.6 Å². The van der Waals surface area contributed by atoms with Gasteiger partial charge < -0.3 is 9.84 Å². The molecule has 0 amide bonds. The number of ketones is 1. The van der Waals surface area contributed by atoms with Gasteiger partial charge in [0.05, 0.1) is 6.10 Å². The molecule has 0 saturated heterocycles. The normalized spacial score (nSPS) is 50.2. The minimum atomic E-state index is -2.15. The number of halogens is 3. The maximum atomic E-state index is 17.3. The summed E-state index contributed by atoms with van der Waals surface area (Å²) in [6.45, 7) is 6.68. The lowest BCUT2D eigenvalue weighted by atomic mass is 9.41. The van der Waals surface area contributed by atoms with E-state index in [1.54, 1.807) is 27.7 Å². The summed E-state index contributed by atoms with van der Waals surface area (Å²) in [6.07, 6.45) is -2.74. The first-order valence-electron chi connectivity index (χ1n) is 12.3. The molecule has 0 aromatic carbocycles. The second-order valence-corrected chi connectivity index (χ2v) is 12.3. The molecule has 4 aliphatic rings. The zero-order valence-corrected chi connectivity index (χ0v) is 21.1. The molecule has 0 spiro atoms. The molecular weight excluding hydrogens is 469 g/mol.